The largest absolute Gasteiger partial charge is 0.368 e. The molecule has 0 saturated heterocycles. The number of allylic oxidation sites excluding steroid dienone is 4. The van der Waals surface area contributed by atoms with E-state index < -0.39 is 0 Å². The molecular formula is C14H11N3. The molecule has 0 spiro atoms. The summed E-state index contributed by atoms with van der Waals surface area (Å²) >= 11 is 0. The molecule has 1 aromatic rings. The number of rotatable bonds is 0. The highest BCUT2D eigenvalue weighted by Gasteiger charge is 1.95. The van der Waals surface area contributed by atoms with Crippen LogP contribution in [0.1, 0.15) is 11.1 Å². The van der Waals surface area contributed by atoms with Gasteiger partial charge in [0.2, 0.25) is 0 Å². The Hall–Kier alpha value is -2.78. The predicted molar refractivity (Wildman–Crippen MR) is 66.4 cm³/mol. The van der Waals surface area contributed by atoms with Gasteiger partial charge in [-0.05, 0) is 24.3 Å². The third kappa shape index (κ3) is 4.51. The van der Waals surface area contributed by atoms with Crippen LogP contribution in [0.4, 0.5) is 0 Å². The van der Waals surface area contributed by atoms with E-state index in [-0.39, 0.29) is 0 Å². The van der Waals surface area contributed by atoms with Crippen molar-refractivity contribution in [1.82, 2.24) is 5.32 Å². The second kappa shape index (κ2) is 7.50. The molecule has 1 heterocycles. The van der Waals surface area contributed by atoms with Gasteiger partial charge in [0, 0.05) is 12.4 Å². The molecule has 0 saturated carbocycles. The standard InChI is InChI=1S/C8H4N2.C6H7N/c9-5-7-3-1-2-4-8(7)6-10;1-2-4-6-7-5-3-1/h1-4H;1-7H. The second-order valence-corrected chi connectivity index (χ2v) is 3.04. The van der Waals surface area contributed by atoms with Crippen molar-refractivity contribution in [2.24, 2.45) is 0 Å². The summed E-state index contributed by atoms with van der Waals surface area (Å²) in [5.41, 5.74) is 0.870. The van der Waals surface area contributed by atoms with Crippen LogP contribution < -0.4 is 5.32 Å². The summed E-state index contributed by atoms with van der Waals surface area (Å²) in [6, 6.07) is 10.6. The highest BCUT2D eigenvalue weighted by molar-refractivity contribution is 5.44. The third-order valence-electron chi connectivity index (χ3n) is 1.89. The first-order valence-electron chi connectivity index (χ1n) is 5.02. The predicted octanol–water partition coefficient (Wildman–Crippen LogP) is 2.60. The molecule has 0 aliphatic carbocycles. The molecule has 2 rings (SSSR count). The maximum Gasteiger partial charge on any atom is 0.101 e. The SMILES string of the molecule is C1=CC=CNC=C1.N#Cc1ccccc1C#N. The van der Waals surface area contributed by atoms with Gasteiger partial charge in [-0.25, -0.2) is 0 Å². The fourth-order valence-corrected chi connectivity index (χ4v) is 1.08. The van der Waals surface area contributed by atoms with Crippen molar-refractivity contribution in [3.8, 4) is 12.1 Å². The summed E-state index contributed by atoms with van der Waals surface area (Å²) < 4.78 is 0. The van der Waals surface area contributed by atoms with Crippen molar-refractivity contribution < 1.29 is 0 Å². The van der Waals surface area contributed by atoms with Crippen molar-refractivity contribution in [3.63, 3.8) is 0 Å². The van der Waals surface area contributed by atoms with E-state index in [1.54, 1.807) is 24.3 Å². The fourth-order valence-electron chi connectivity index (χ4n) is 1.08. The van der Waals surface area contributed by atoms with Crippen LogP contribution in [0.5, 0.6) is 0 Å². The minimum atomic E-state index is 0.435. The van der Waals surface area contributed by atoms with Crippen LogP contribution in [-0.4, -0.2) is 0 Å². The molecule has 3 heteroatoms. The first kappa shape index (κ1) is 12.3. The fraction of sp³-hybridized carbons (Fsp3) is 0. The molecule has 17 heavy (non-hydrogen) atoms. The first-order valence-corrected chi connectivity index (χ1v) is 5.02. The van der Waals surface area contributed by atoms with Crippen molar-refractivity contribution >= 4 is 0 Å². The summed E-state index contributed by atoms with van der Waals surface area (Å²) in [6.07, 6.45) is 11.6. The van der Waals surface area contributed by atoms with Crippen molar-refractivity contribution in [1.29, 1.82) is 10.5 Å². The topological polar surface area (TPSA) is 59.6 Å². The quantitative estimate of drug-likeness (QED) is 0.732. The molecule has 1 aromatic carbocycles. The summed E-state index contributed by atoms with van der Waals surface area (Å²) in [6.45, 7) is 0. The Kier molecular flexibility index (Phi) is 5.42. The first-order chi connectivity index (χ1) is 8.38. The summed E-state index contributed by atoms with van der Waals surface area (Å²) in [4.78, 5) is 0. The van der Waals surface area contributed by atoms with Crippen LogP contribution in [0.25, 0.3) is 0 Å². The van der Waals surface area contributed by atoms with Gasteiger partial charge in [-0.1, -0.05) is 24.3 Å². The maximum absolute atomic E-state index is 8.45. The zero-order valence-electron chi connectivity index (χ0n) is 9.17. The van der Waals surface area contributed by atoms with E-state index >= 15 is 0 Å². The Balaban J connectivity index is 0.000000181. The molecule has 0 radical (unpaired) electrons. The highest BCUT2D eigenvalue weighted by Crippen LogP contribution is 2.03. The average Bonchev–Trinajstić information content (AvgIpc) is 2.71. The van der Waals surface area contributed by atoms with Gasteiger partial charge >= 0.3 is 0 Å². The Bertz CT molecular complexity index is 478. The molecule has 1 aliphatic rings. The van der Waals surface area contributed by atoms with Gasteiger partial charge in [0.1, 0.15) is 12.1 Å². The van der Waals surface area contributed by atoms with E-state index in [1.807, 2.05) is 48.8 Å². The average molecular weight is 221 g/mol. The van der Waals surface area contributed by atoms with Gasteiger partial charge in [0.25, 0.3) is 0 Å². The minimum Gasteiger partial charge on any atom is -0.368 e. The van der Waals surface area contributed by atoms with Gasteiger partial charge < -0.3 is 5.32 Å². The van der Waals surface area contributed by atoms with E-state index in [0.717, 1.165) is 0 Å². The maximum atomic E-state index is 8.45. The highest BCUT2D eigenvalue weighted by atomic mass is 14.8. The molecule has 0 unspecified atom stereocenters. The Morgan fingerprint density at radius 1 is 0.765 bits per heavy atom. The number of benzene rings is 1. The number of nitriles is 2. The lowest BCUT2D eigenvalue weighted by atomic mass is 10.1. The van der Waals surface area contributed by atoms with Gasteiger partial charge in [-0.2, -0.15) is 10.5 Å². The van der Waals surface area contributed by atoms with E-state index in [9.17, 15) is 0 Å². The third-order valence-corrected chi connectivity index (χ3v) is 1.89. The summed E-state index contributed by atoms with van der Waals surface area (Å²) in [5, 5.41) is 19.8. The molecule has 82 valence electrons. The molecule has 3 nitrogen and oxygen atoms in total. The van der Waals surface area contributed by atoms with Crippen LogP contribution in [0.3, 0.4) is 0 Å². The minimum absolute atomic E-state index is 0.435. The zero-order chi connectivity index (χ0) is 12.3. The van der Waals surface area contributed by atoms with E-state index in [1.165, 1.54) is 0 Å². The summed E-state index contributed by atoms with van der Waals surface area (Å²) in [5.74, 6) is 0. The molecule has 0 bridgehead atoms. The van der Waals surface area contributed by atoms with E-state index in [4.69, 9.17) is 10.5 Å². The molecule has 1 aliphatic heterocycles. The molecule has 0 fully saturated rings. The Morgan fingerprint density at radius 3 is 1.65 bits per heavy atom. The van der Waals surface area contributed by atoms with Crippen molar-refractivity contribution in [2.45, 2.75) is 0 Å². The normalized spacial score (nSPS) is 11.2. The molecule has 1 N–H and O–H groups in total. The van der Waals surface area contributed by atoms with Crippen LogP contribution in [0.2, 0.25) is 0 Å². The van der Waals surface area contributed by atoms with E-state index in [0.29, 0.717) is 11.1 Å². The molecule has 0 aromatic heterocycles. The number of nitrogens with zero attached hydrogens (tertiary/aromatic N) is 2. The van der Waals surface area contributed by atoms with Crippen LogP contribution in [-0.2, 0) is 0 Å². The smallest absolute Gasteiger partial charge is 0.101 e. The van der Waals surface area contributed by atoms with Gasteiger partial charge in [0.05, 0.1) is 11.1 Å². The van der Waals surface area contributed by atoms with Gasteiger partial charge in [-0.3, -0.25) is 0 Å². The lowest BCUT2D eigenvalue weighted by Gasteiger charge is -1.88. The van der Waals surface area contributed by atoms with Crippen LogP contribution in [0.15, 0.2) is 61.0 Å². The second-order valence-electron chi connectivity index (χ2n) is 3.04. The number of nitrogens with one attached hydrogen (secondary N) is 1. The number of hydrogen-bond donors (Lipinski definition) is 1. The lowest BCUT2D eigenvalue weighted by Crippen LogP contribution is -1.87. The zero-order valence-corrected chi connectivity index (χ0v) is 9.17. The number of hydrogen-bond acceptors (Lipinski definition) is 3. The van der Waals surface area contributed by atoms with Crippen molar-refractivity contribution in [3.05, 3.63) is 72.1 Å². The van der Waals surface area contributed by atoms with Crippen LogP contribution >= 0.6 is 0 Å². The summed E-state index contributed by atoms with van der Waals surface area (Å²) in [7, 11) is 0. The molecule has 0 amide bonds. The monoisotopic (exact) mass is 221 g/mol. The van der Waals surface area contributed by atoms with Crippen molar-refractivity contribution in [2.75, 3.05) is 0 Å². The van der Waals surface area contributed by atoms with Gasteiger partial charge in [-0.15, -0.1) is 0 Å². The Labute approximate surface area is 101 Å². The van der Waals surface area contributed by atoms with Gasteiger partial charge in [0.15, 0.2) is 0 Å². The van der Waals surface area contributed by atoms with E-state index in [2.05, 4.69) is 5.32 Å². The lowest BCUT2D eigenvalue weighted by molar-refractivity contribution is 1.20. The van der Waals surface area contributed by atoms with Crippen LogP contribution in [0, 0.1) is 22.7 Å². The molecular weight excluding hydrogens is 210 g/mol. The molecule has 0 atom stereocenters. The Morgan fingerprint density at radius 2 is 1.24 bits per heavy atom.